The number of benzene rings is 1. The van der Waals surface area contributed by atoms with E-state index < -0.39 is 22.2 Å². The Kier molecular flexibility index (Phi) is 7.59. The SMILES string of the molecule is CC(C)(C)[Si](C)(C)O[C@@H]1C(CCc2ccc3c(c2)CCCC3)=C[C@]2(O[Si](C)(C)C(C)(C)C)C[C@H]1OC2=O. The van der Waals surface area contributed by atoms with E-state index in [1.54, 1.807) is 0 Å². The molecule has 1 saturated heterocycles. The zero-order valence-corrected chi connectivity index (χ0v) is 27.0. The fourth-order valence-corrected chi connectivity index (χ4v) is 8.11. The predicted octanol–water partition coefficient (Wildman–Crippen LogP) is 7.90. The zero-order valence-electron chi connectivity index (χ0n) is 25.0. The third-order valence-corrected chi connectivity index (χ3v) is 18.8. The topological polar surface area (TPSA) is 44.8 Å². The molecule has 0 N–H and O–H groups in total. The highest BCUT2D eigenvalue weighted by molar-refractivity contribution is 6.74. The van der Waals surface area contributed by atoms with Crippen LogP contribution in [0.3, 0.4) is 0 Å². The Balaban J connectivity index is 1.67. The summed E-state index contributed by atoms with van der Waals surface area (Å²) >= 11 is 0. The molecule has 2 bridgehead atoms. The molecule has 1 aliphatic heterocycles. The van der Waals surface area contributed by atoms with Gasteiger partial charge >= 0.3 is 5.97 Å². The van der Waals surface area contributed by atoms with Gasteiger partial charge in [-0.05, 0) is 103 Å². The van der Waals surface area contributed by atoms with Crippen molar-refractivity contribution in [3.8, 4) is 0 Å². The van der Waals surface area contributed by atoms with Gasteiger partial charge < -0.3 is 13.6 Å². The van der Waals surface area contributed by atoms with Crippen molar-refractivity contribution in [2.45, 2.75) is 141 Å². The van der Waals surface area contributed by atoms with Crippen molar-refractivity contribution in [3.05, 3.63) is 46.5 Å². The monoisotopic (exact) mass is 542 g/mol. The standard InChI is InChI=1S/C31H50O4Si2/c1-29(2,3)36(7,8)34-27-25(18-16-22-15-17-23-13-11-12-14-24(23)19-22)20-31(21-26(27)33-28(31)32)35-37(9,10)30(4,5)6/h15,17,19-20,26-27H,11-14,16,18,21H2,1-10H3/t26-,27-,31+/m1/s1. The summed E-state index contributed by atoms with van der Waals surface area (Å²) in [4.78, 5) is 13.5. The first kappa shape index (κ1) is 28.8. The van der Waals surface area contributed by atoms with Crippen LogP contribution in [0.2, 0.25) is 36.3 Å². The Morgan fingerprint density at radius 3 is 2.16 bits per heavy atom. The molecule has 1 heterocycles. The van der Waals surface area contributed by atoms with Crippen LogP contribution >= 0.6 is 0 Å². The van der Waals surface area contributed by atoms with Gasteiger partial charge in [0.15, 0.2) is 22.2 Å². The molecule has 0 unspecified atom stereocenters. The Labute approximate surface area is 227 Å². The molecule has 4 nitrogen and oxygen atoms in total. The smallest absolute Gasteiger partial charge is 0.341 e. The van der Waals surface area contributed by atoms with Crippen LogP contribution in [0.25, 0.3) is 0 Å². The maximum atomic E-state index is 13.5. The Morgan fingerprint density at radius 2 is 1.54 bits per heavy atom. The number of esters is 1. The van der Waals surface area contributed by atoms with Gasteiger partial charge in [0.2, 0.25) is 0 Å². The quantitative estimate of drug-likeness (QED) is 0.199. The summed E-state index contributed by atoms with van der Waals surface area (Å²) in [6.45, 7) is 22.5. The average Bonchev–Trinajstić information content (AvgIpc) is 3.03. The molecule has 2 aliphatic carbocycles. The highest BCUT2D eigenvalue weighted by atomic mass is 28.4. The molecule has 1 aromatic rings. The minimum atomic E-state index is -2.21. The molecule has 206 valence electrons. The molecular weight excluding hydrogens is 493 g/mol. The Bertz CT molecular complexity index is 1060. The Morgan fingerprint density at radius 1 is 0.919 bits per heavy atom. The third-order valence-electron chi connectivity index (χ3n) is 9.82. The minimum Gasteiger partial charge on any atom is -0.457 e. The maximum Gasteiger partial charge on any atom is 0.341 e. The van der Waals surface area contributed by atoms with Crippen LogP contribution in [0, 0.1) is 0 Å². The lowest BCUT2D eigenvalue weighted by Gasteiger charge is -2.45. The second kappa shape index (κ2) is 9.76. The van der Waals surface area contributed by atoms with Crippen molar-refractivity contribution in [3.63, 3.8) is 0 Å². The number of carbonyl (C=O) groups excluding carboxylic acids is 1. The van der Waals surface area contributed by atoms with E-state index >= 15 is 0 Å². The van der Waals surface area contributed by atoms with Gasteiger partial charge in [-0.25, -0.2) is 4.79 Å². The molecule has 4 rings (SSSR count). The van der Waals surface area contributed by atoms with Crippen LogP contribution in [-0.4, -0.2) is 40.4 Å². The molecule has 3 atom stereocenters. The minimum absolute atomic E-state index is 0.00569. The highest BCUT2D eigenvalue weighted by Gasteiger charge is 2.59. The first-order valence-corrected chi connectivity index (χ1v) is 20.2. The number of hydrogen-bond acceptors (Lipinski definition) is 4. The molecule has 0 aromatic heterocycles. The zero-order chi connectivity index (χ0) is 27.4. The third kappa shape index (κ3) is 5.73. The first-order chi connectivity index (χ1) is 16.9. The average molecular weight is 543 g/mol. The van der Waals surface area contributed by atoms with Crippen LogP contribution in [0.15, 0.2) is 29.8 Å². The summed E-state index contributed by atoms with van der Waals surface area (Å²) in [5, 5.41) is 0.0805. The van der Waals surface area contributed by atoms with E-state index in [-0.39, 0.29) is 28.3 Å². The van der Waals surface area contributed by atoms with Gasteiger partial charge in [0.25, 0.3) is 0 Å². The molecule has 0 radical (unpaired) electrons. The van der Waals surface area contributed by atoms with Crippen molar-refractivity contribution in [2.75, 3.05) is 0 Å². The lowest BCUT2D eigenvalue weighted by atomic mass is 9.83. The molecular formula is C31H50O4Si2. The molecule has 0 spiro atoms. The number of rotatable bonds is 7. The highest BCUT2D eigenvalue weighted by Crippen LogP contribution is 2.49. The lowest BCUT2D eigenvalue weighted by molar-refractivity contribution is -0.151. The van der Waals surface area contributed by atoms with E-state index in [1.165, 1.54) is 47.9 Å². The van der Waals surface area contributed by atoms with Gasteiger partial charge in [-0.2, -0.15) is 0 Å². The molecule has 1 aromatic carbocycles. The van der Waals surface area contributed by atoms with Crippen molar-refractivity contribution in [1.29, 1.82) is 0 Å². The molecule has 3 aliphatic rings. The fraction of sp³-hybridized carbons (Fsp3) is 0.710. The summed E-state index contributed by atoms with van der Waals surface area (Å²) in [6.07, 6.45) is 9.00. The number of carbonyl (C=O) groups is 1. The predicted molar refractivity (Wildman–Crippen MR) is 157 cm³/mol. The van der Waals surface area contributed by atoms with Gasteiger partial charge in [0.05, 0.1) is 0 Å². The maximum absolute atomic E-state index is 13.5. The molecule has 0 amide bonds. The number of fused-ring (bicyclic) bond motifs is 3. The van der Waals surface area contributed by atoms with Crippen molar-refractivity contribution in [2.24, 2.45) is 0 Å². The van der Waals surface area contributed by atoms with Gasteiger partial charge in [-0.3, -0.25) is 0 Å². The van der Waals surface area contributed by atoms with Gasteiger partial charge in [-0.1, -0.05) is 59.7 Å². The van der Waals surface area contributed by atoms with Crippen LogP contribution in [0.5, 0.6) is 0 Å². The summed E-state index contributed by atoms with van der Waals surface area (Å²) in [5.41, 5.74) is 4.61. The largest absolute Gasteiger partial charge is 0.457 e. The van der Waals surface area contributed by atoms with E-state index in [1.807, 2.05) is 0 Å². The molecule has 1 fully saturated rings. The summed E-state index contributed by atoms with van der Waals surface area (Å²) in [5.74, 6) is -0.227. The molecule has 37 heavy (non-hydrogen) atoms. The van der Waals surface area contributed by atoms with Crippen molar-refractivity contribution < 1.29 is 18.4 Å². The number of ether oxygens (including phenoxy) is 1. The van der Waals surface area contributed by atoms with E-state index in [2.05, 4.69) is 92.0 Å². The normalized spacial score (nSPS) is 26.5. The van der Waals surface area contributed by atoms with Crippen molar-refractivity contribution >= 4 is 22.6 Å². The van der Waals surface area contributed by atoms with Crippen LogP contribution < -0.4 is 0 Å². The van der Waals surface area contributed by atoms with Gasteiger partial charge in [0, 0.05) is 6.42 Å². The van der Waals surface area contributed by atoms with E-state index in [4.69, 9.17) is 13.6 Å². The van der Waals surface area contributed by atoms with Crippen LogP contribution in [-0.2, 0) is 37.6 Å². The molecule has 6 heteroatoms. The number of hydrogen-bond donors (Lipinski definition) is 0. The van der Waals surface area contributed by atoms with Gasteiger partial charge in [0.1, 0.15) is 12.2 Å². The van der Waals surface area contributed by atoms with Crippen molar-refractivity contribution in [1.82, 2.24) is 0 Å². The van der Waals surface area contributed by atoms with Crippen LogP contribution in [0.1, 0.15) is 83.9 Å². The summed E-state index contributed by atoms with van der Waals surface area (Å²) in [6, 6.07) is 7.05. The Hall–Kier alpha value is -1.22. The van der Waals surface area contributed by atoms with Crippen LogP contribution in [0.4, 0.5) is 0 Å². The second-order valence-corrected chi connectivity index (χ2v) is 24.2. The lowest BCUT2D eigenvalue weighted by Crippen LogP contribution is -2.54. The summed E-state index contributed by atoms with van der Waals surface area (Å²) < 4.78 is 20.0. The summed E-state index contributed by atoms with van der Waals surface area (Å²) in [7, 11) is -4.30. The first-order valence-electron chi connectivity index (χ1n) is 14.4. The van der Waals surface area contributed by atoms with E-state index in [0.29, 0.717) is 6.42 Å². The second-order valence-electron chi connectivity index (χ2n) is 14.7. The van der Waals surface area contributed by atoms with Gasteiger partial charge in [-0.15, -0.1) is 0 Å². The fourth-order valence-electron chi connectivity index (χ4n) is 5.38. The van der Waals surface area contributed by atoms with E-state index in [0.717, 1.165) is 12.8 Å². The number of aryl methyl sites for hydroxylation is 3. The molecule has 0 saturated carbocycles. The van der Waals surface area contributed by atoms with E-state index in [9.17, 15) is 4.79 Å².